The van der Waals surface area contributed by atoms with E-state index in [1.807, 2.05) is 0 Å². The molecule has 0 spiro atoms. The molecule has 4 saturated carbocycles. The van der Waals surface area contributed by atoms with Crippen molar-refractivity contribution in [1.29, 1.82) is 0 Å². The Labute approximate surface area is 158 Å². The third-order valence-electron chi connectivity index (χ3n) is 6.67. The number of carbonyl (C=O) groups is 1. The average Bonchev–Trinajstić information content (AvgIpc) is 2.51. The Morgan fingerprint density at radius 2 is 1.36 bits per heavy atom. The van der Waals surface area contributed by atoms with Crippen molar-refractivity contribution < 1.29 is 44.1 Å². The van der Waals surface area contributed by atoms with Crippen LogP contribution in [-0.2, 0) is 14.9 Å². The van der Waals surface area contributed by atoms with Gasteiger partial charge in [0.15, 0.2) is 0 Å². The van der Waals surface area contributed by atoms with Crippen molar-refractivity contribution in [3.8, 4) is 0 Å². The number of carbonyl (C=O) groups excluding carboxylic acids is 1. The minimum atomic E-state index is -6.75. The Bertz CT molecular complexity index is 713. The summed E-state index contributed by atoms with van der Waals surface area (Å²) >= 11 is 0. The van der Waals surface area contributed by atoms with Crippen molar-refractivity contribution in [1.82, 2.24) is 0 Å². The molecule has 0 aromatic heterocycles. The molecule has 28 heavy (non-hydrogen) atoms. The Morgan fingerprint density at radius 3 is 1.75 bits per heavy atom. The highest BCUT2D eigenvalue weighted by atomic mass is 32.2. The van der Waals surface area contributed by atoms with E-state index in [1.165, 1.54) is 0 Å². The maximum atomic E-state index is 13.7. The van der Waals surface area contributed by atoms with Crippen molar-refractivity contribution >= 4 is 15.9 Å². The summed E-state index contributed by atoms with van der Waals surface area (Å²) in [6, 6.07) is 0. The number of ketones is 1. The van der Waals surface area contributed by atoms with Gasteiger partial charge < -0.3 is 0 Å². The fourth-order valence-corrected chi connectivity index (χ4v) is 6.19. The molecular formula is C17H22F6O4S. The maximum Gasteiger partial charge on any atom is 0.437 e. The lowest BCUT2D eigenvalue weighted by Crippen LogP contribution is -2.57. The van der Waals surface area contributed by atoms with Crippen molar-refractivity contribution in [3.63, 3.8) is 0 Å². The van der Waals surface area contributed by atoms with Crippen LogP contribution in [0.15, 0.2) is 0 Å². The van der Waals surface area contributed by atoms with E-state index in [4.69, 9.17) is 4.55 Å². The standard InChI is InChI=1S/C17H22F6O4S/c18-15(19,16(20,21)17(22,23)28(25,26)27)3-1-2-13(24)14-7-10-4-11(8-14)6-12(5-10)9-14/h10-12H,1-9H2,(H,25,26,27). The summed E-state index contributed by atoms with van der Waals surface area (Å²) in [7, 11) is -6.75. The van der Waals surface area contributed by atoms with E-state index in [0.717, 1.165) is 19.3 Å². The van der Waals surface area contributed by atoms with Gasteiger partial charge in [0.05, 0.1) is 0 Å². The zero-order valence-corrected chi connectivity index (χ0v) is 15.8. The molecule has 1 N–H and O–H groups in total. The van der Waals surface area contributed by atoms with Gasteiger partial charge in [-0.1, -0.05) is 0 Å². The first-order chi connectivity index (χ1) is 12.6. The Kier molecular flexibility index (Phi) is 5.14. The van der Waals surface area contributed by atoms with Gasteiger partial charge >= 0.3 is 27.2 Å². The zero-order valence-electron chi connectivity index (χ0n) is 14.9. The van der Waals surface area contributed by atoms with Gasteiger partial charge in [-0.15, -0.1) is 0 Å². The van der Waals surface area contributed by atoms with Crippen LogP contribution in [0.2, 0.25) is 0 Å². The third-order valence-corrected chi connectivity index (χ3v) is 7.58. The number of hydrogen-bond donors (Lipinski definition) is 1. The first-order valence-corrected chi connectivity index (χ1v) is 10.7. The van der Waals surface area contributed by atoms with E-state index >= 15 is 0 Å². The normalized spacial score (nSPS) is 33.3. The lowest BCUT2D eigenvalue weighted by Gasteiger charge is -2.56. The quantitative estimate of drug-likeness (QED) is 0.443. The van der Waals surface area contributed by atoms with Crippen LogP contribution in [-0.4, -0.2) is 35.9 Å². The summed E-state index contributed by atoms with van der Waals surface area (Å²) in [6.07, 6.45) is 2.09. The highest BCUT2D eigenvalue weighted by Gasteiger charge is 2.76. The zero-order chi connectivity index (χ0) is 21.2. The molecule has 4 aliphatic carbocycles. The molecule has 0 unspecified atom stereocenters. The number of rotatable bonds is 8. The maximum absolute atomic E-state index is 13.7. The summed E-state index contributed by atoms with van der Waals surface area (Å²) in [6.45, 7) is 0. The highest BCUT2D eigenvalue weighted by Crippen LogP contribution is 2.60. The number of halogens is 6. The van der Waals surface area contributed by atoms with Gasteiger partial charge in [0, 0.05) is 18.3 Å². The molecule has 0 heterocycles. The van der Waals surface area contributed by atoms with E-state index in [1.54, 1.807) is 0 Å². The van der Waals surface area contributed by atoms with Gasteiger partial charge in [-0.3, -0.25) is 9.35 Å². The van der Waals surface area contributed by atoms with Crippen LogP contribution in [0.25, 0.3) is 0 Å². The minimum Gasteiger partial charge on any atom is -0.299 e. The second kappa shape index (κ2) is 6.58. The molecule has 0 aromatic rings. The lowest BCUT2D eigenvalue weighted by atomic mass is 9.48. The molecule has 4 fully saturated rings. The molecule has 0 aromatic carbocycles. The average molecular weight is 436 g/mol. The number of Topliss-reactive ketones (excluding diaryl/α,β-unsaturated/α-hetero) is 1. The molecule has 0 amide bonds. The van der Waals surface area contributed by atoms with E-state index in [0.29, 0.717) is 37.0 Å². The molecule has 0 atom stereocenters. The third kappa shape index (κ3) is 3.36. The number of alkyl halides is 6. The molecule has 4 nitrogen and oxygen atoms in total. The predicted octanol–water partition coefficient (Wildman–Crippen LogP) is 4.69. The molecule has 0 aliphatic heterocycles. The smallest absolute Gasteiger partial charge is 0.299 e. The molecular weight excluding hydrogens is 414 g/mol. The van der Waals surface area contributed by atoms with E-state index in [9.17, 15) is 39.6 Å². The Hall–Kier alpha value is -0.840. The fourth-order valence-electron chi connectivity index (χ4n) is 5.72. The van der Waals surface area contributed by atoms with Gasteiger partial charge in [0.1, 0.15) is 5.78 Å². The molecule has 0 radical (unpaired) electrons. The predicted molar refractivity (Wildman–Crippen MR) is 85.9 cm³/mol. The van der Waals surface area contributed by atoms with Gasteiger partial charge in [-0.25, -0.2) is 0 Å². The highest BCUT2D eigenvalue weighted by molar-refractivity contribution is 7.87. The van der Waals surface area contributed by atoms with Crippen molar-refractivity contribution in [2.45, 2.75) is 74.9 Å². The number of hydrogen-bond acceptors (Lipinski definition) is 3. The lowest BCUT2D eigenvalue weighted by molar-refractivity contribution is -0.282. The Balaban J connectivity index is 1.63. The second-order valence-electron chi connectivity index (χ2n) is 8.75. The van der Waals surface area contributed by atoms with Gasteiger partial charge in [0.25, 0.3) is 0 Å². The van der Waals surface area contributed by atoms with Crippen molar-refractivity contribution in [2.24, 2.45) is 23.2 Å². The van der Waals surface area contributed by atoms with Gasteiger partial charge in [0.2, 0.25) is 0 Å². The summed E-state index contributed by atoms with van der Waals surface area (Å²) in [4.78, 5) is 12.7. The molecule has 4 aliphatic rings. The summed E-state index contributed by atoms with van der Waals surface area (Å²) < 4.78 is 110. The first kappa shape index (κ1) is 21.9. The SMILES string of the molecule is O=C(CCCC(F)(F)C(F)(F)C(F)(F)S(=O)(=O)O)C12CC3CC(CC(C3)C1)C2. The Morgan fingerprint density at radius 1 is 0.929 bits per heavy atom. The second-order valence-corrected chi connectivity index (χ2v) is 10.2. The summed E-state index contributed by atoms with van der Waals surface area (Å²) in [5, 5.41) is -6.34. The molecule has 4 rings (SSSR count). The monoisotopic (exact) mass is 436 g/mol. The van der Waals surface area contributed by atoms with Crippen LogP contribution in [0.4, 0.5) is 26.3 Å². The van der Waals surface area contributed by atoms with Gasteiger partial charge in [-0.05, 0) is 62.7 Å². The van der Waals surface area contributed by atoms with Crippen LogP contribution in [0.3, 0.4) is 0 Å². The van der Waals surface area contributed by atoms with Crippen molar-refractivity contribution in [3.05, 3.63) is 0 Å². The largest absolute Gasteiger partial charge is 0.437 e. The van der Waals surface area contributed by atoms with Crippen LogP contribution in [0, 0.1) is 23.2 Å². The van der Waals surface area contributed by atoms with E-state index in [2.05, 4.69) is 0 Å². The first-order valence-electron chi connectivity index (χ1n) is 9.25. The van der Waals surface area contributed by atoms with Gasteiger partial charge in [-0.2, -0.15) is 34.8 Å². The van der Waals surface area contributed by atoms with Crippen molar-refractivity contribution in [2.75, 3.05) is 0 Å². The summed E-state index contributed by atoms with van der Waals surface area (Å²) in [5.74, 6) is -10.8. The van der Waals surface area contributed by atoms with E-state index in [-0.39, 0.29) is 5.78 Å². The minimum absolute atomic E-state index is 0.299. The van der Waals surface area contributed by atoms with Crippen LogP contribution < -0.4 is 0 Å². The van der Waals surface area contributed by atoms with Crippen LogP contribution in [0.5, 0.6) is 0 Å². The molecule has 4 bridgehead atoms. The topological polar surface area (TPSA) is 71.4 Å². The molecule has 11 heteroatoms. The van der Waals surface area contributed by atoms with E-state index < -0.39 is 51.9 Å². The molecule has 0 saturated heterocycles. The summed E-state index contributed by atoms with van der Waals surface area (Å²) in [5.41, 5.74) is -0.620. The van der Waals surface area contributed by atoms with Crippen LogP contribution >= 0.6 is 0 Å². The molecule has 162 valence electrons. The fraction of sp³-hybridized carbons (Fsp3) is 0.941. The van der Waals surface area contributed by atoms with Crippen LogP contribution in [0.1, 0.15) is 57.8 Å².